The van der Waals surface area contributed by atoms with Crippen LogP contribution in [0.2, 0.25) is 0 Å². The number of nitro groups is 1. The van der Waals surface area contributed by atoms with E-state index in [1.54, 1.807) is 18.6 Å². The molecular weight excluding hydrogens is 448 g/mol. The number of hydrogen-bond acceptors (Lipinski definition) is 8. The fourth-order valence-electron chi connectivity index (χ4n) is 2.91. The zero-order valence-corrected chi connectivity index (χ0v) is 18.1. The number of thiazole rings is 1. The lowest BCUT2D eigenvalue weighted by atomic mass is 10.2. The van der Waals surface area contributed by atoms with Crippen molar-refractivity contribution in [1.29, 1.82) is 0 Å². The minimum Gasteiger partial charge on any atom is -0.355 e. The monoisotopic (exact) mass is 464 g/mol. The van der Waals surface area contributed by atoms with Gasteiger partial charge in [0.25, 0.3) is 5.69 Å². The predicted octanol–water partition coefficient (Wildman–Crippen LogP) is 5.30. The number of nitrogens with one attached hydrogen (secondary N) is 1. The molecule has 8 nitrogen and oxygen atoms in total. The molecule has 0 radical (unpaired) electrons. The lowest BCUT2D eigenvalue weighted by Crippen LogP contribution is -2.03. The van der Waals surface area contributed by atoms with Gasteiger partial charge in [0, 0.05) is 42.0 Å². The molecule has 0 aliphatic heterocycles. The number of benzene rings is 2. The van der Waals surface area contributed by atoms with Crippen molar-refractivity contribution in [2.24, 2.45) is 0 Å². The Bertz CT molecular complexity index is 1400. The summed E-state index contributed by atoms with van der Waals surface area (Å²) in [5, 5.41) is 14.4. The molecular formula is C22H16N4O4S2. The van der Waals surface area contributed by atoms with E-state index in [9.17, 15) is 18.5 Å². The van der Waals surface area contributed by atoms with Crippen LogP contribution in [-0.4, -0.2) is 23.3 Å². The van der Waals surface area contributed by atoms with Crippen LogP contribution in [0.4, 0.5) is 17.1 Å². The zero-order valence-electron chi connectivity index (χ0n) is 16.5. The topological polar surface area (TPSA) is 115 Å². The number of non-ortho nitro benzene ring substituents is 1. The Morgan fingerprint density at radius 2 is 1.75 bits per heavy atom. The molecule has 0 bridgehead atoms. The highest BCUT2D eigenvalue weighted by Crippen LogP contribution is 2.37. The Hall–Kier alpha value is -3.89. The zero-order chi connectivity index (χ0) is 22.7. The maximum Gasteiger partial charge on any atom is 0.269 e. The van der Waals surface area contributed by atoms with Crippen molar-refractivity contribution in [2.45, 2.75) is 4.90 Å². The fourth-order valence-corrected chi connectivity index (χ4v) is 5.23. The summed E-state index contributed by atoms with van der Waals surface area (Å²) in [6, 6.07) is 16.1. The molecule has 0 fully saturated rings. The lowest BCUT2D eigenvalue weighted by molar-refractivity contribution is -0.384. The molecule has 160 valence electrons. The van der Waals surface area contributed by atoms with Crippen molar-refractivity contribution < 1.29 is 13.3 Å². The van der Waals surface area contributed by atoms with E-state index in [0.29, 0.717) is 4.88 Å². The second-order valence-electron chi connectivity index (χ2n) is 6.62. The highest BCUT2D eigenvalue weighted by molar-refractivity contribution is 8.00. The Labute approximate surface area is 188 Å². The third kappa shape index (κ3) is 4.27. The van der Waals surface area contributed by atoms with E-state index in [1.165, 1.54) is 23.5 Å². The average Bonchev–Trinajstić information content (AvgIpc) is 3.29. The smallest absolute Gasteiger partial charge is 0.269 e. The standard InChI is InChI=1S/C22H16N4O4S2/c1-15(32(29,30)18-9-7-17(8-10-18)26(27)28)22-24-14-21(31-22)19-13-23-12-11-20(19)25-16-5-3-2-4-6-16/h2-14H,1H2,(H,23,25). The molecule has 2 aromatic heterocycles. The highest BCUT2D eigenvalue weighted by Gasteiger charge is 2.24. The van der Waals surface area contributed by atoms with Gasteiger partial charge in [-0.3, -0.25) is 15.1 Å². The molecule has 2 aromatic carbocycles. The molecule has 0 spiro atoms. The maximum atomic E-state index is 12.9. The molecule has 0 atom stereocenters. The second-order valence-corrected chi connectivity index (χ2v) is 9.62. The molecule has 1 N–H and O–H groups in total. The van der Waals surface area contributed by atoms with Crippen molar-refractivity contribution in [2.75, 3.05) is 5.32 Å². The van der Waals surface area contributed by atoms with Gasteiger partial charge in [0.15, 0.2) is 0 Å². The van der Waals surface area contributed by atoms with Gasteiger partial charge in [0.2, 0.25) is 9.84 Å². The molecule has 4 aromatic rings. The van der Waals surface area contributed by atoms with Crippen molar-refractivity contribution in [3.63, 3.8) is 0 Å². The fraction of sp³-hybridized carbons (Fsp3) is 0. The summed E-state index contributed by atoms with van der Waals surface area (Å²) in [6.07, 6.45) is 4.91. The number of pyridine rings is 1. The Balaban J connectivity index is 1.63. The molecule has 0 amide bonds. The third-order valence-corrected chi connectivity index (χ3v) is 7.52. The average molecular weight is 465 g/mol. The Morgan fingerprint density at radius 3 is 2.44 bits per heavy atom. The molecule has 0 unspecified atom stereocenters. The first-order valence-electron chi connectivity index (χ1n) is 9.27. The largest absolute Gasteiger partial charge is 0.355 e. The minimum atomic E-state index is -3.96. The van der Waals surface area contributed by atoms with Gasteiger partial charge in [-0.25, -0.2) is 13.4 Å². The van der Waals surface area contributed by atoms with Crippen LogP contribution in [0, 0.1) is 10.1 Å². The Morgan fingerprint density at radius 1 is 1.03 bits per heavy atom. The molecule has 0 saturated carbocycles. The quantitative estimate of drug-likeness (QED) is 0.291. The predicted molar refractivity (Wildman–Crippen MR) is 124 cm³/mol. The van der Waals surface area contributed by atoms with E-state index in [2.05, 4.69) is 21.9 Å². The van der Waals surface area contributed by atoms with E-state index in [-0.39, 0.29) is 20.5 Å². The van der Waals surface area contributed by atoms with Crippen molar-refractivity contribution in [1.82, 2.24) is 9.97 Å². The van der Waals surface area contributed by atoms with E-state index in [4.69, 9.17) is 0 Å². The number of anilines is 2. The van der Waals surface area contributed by atoms with Crippen LogP contribution < -0.4 is 5.32 Å². The highest BCUT2D eigenvalue weighted by atomic mass is 32.2. The third-order valence-electron chi connectivity index (χ3n) is 4.57. The van der Waals surface area contributed by atoms with Gasteiger partial charge in [0.1, 0.15) is 9.91 Å². The number of para-hydroxylation sites is 1. The second kappa shape index (κ2) is 8.69. The van der Waals surface area contributed by atoms with Crippen molar-refractivity contribution in [3.8, 4) is 10.4 Å². The normalized spacial score (nSPS) is 11.1. The molecule has 10 heteroatoms. The van der Waals surface area contributed by atoms with E-state index >= 15 is 0 Å². The van der Waals surface area contributed by atoms with E-state index < -0.39 is 14.8 Å². The van der Waals surface area contributed by atoms with Crippen molar-refractivity contribution in [3.05, 3.63) is 101 Å². The summed E-state index contributed by atoms with van der Waals surface area (Å²) in [5.41, 5.74) is 2.27. The van der Waals surface area contributed by atoms with E-state index in [1.807, 2.05) is 36.4 Å². The maximum absolute atomic E-state index is 12.9. The molecule has 32 heavy (non-hydrogen) atoms. The van der Waals surface area contributed by atoms with Crippen LogP contribution in [0.1, 0.15) is 5.01 Å². The number of aromatic nitrogens is 2. The van der Waals surface area contributed by atoms with Gasteiger partial charge in [-0.15, -0.1) is 11.3 Å². The van der Waals surface area contributed by atoms with Gasteiger partial charge in [-0.1, -0.05) is 24.8 Å². The number of nitro benzene ring substituents is 1. The van der Waals surface area contributed by atoms with Crippen LogP contribution in [0.15, 0.2) is 90.7 Å². The minimum absolute atomic E-state index is 0.0855. The van der Waals surface area contributed by atoms with Crippen LogP contribution in [0.3, 0.4) is 0 Å². The molecule has 2 heterocycles. The van der Waals surface area contributed by atoms with Gasteiger partial charge < -0.3 is 5.32 Å². The molecule has 0 saturated heterocycles. The lowest BCUT2D eigenvalue weighted by Gasteiger charge is -2.10. The SMILES string of the molecule is C=C(c1ncc(-c2cnccc2Nc2ccccc2)s1)S(=O)(=O)c1ccc([N+](=O)[O-])cc1. The van der Waals surface area contributed by atoms with Gasteiger partial charge in [0.05, 0.1) is 20.4 Å². The number of rotatable bonds is 7. The summed E-state index contributed by atoms with van der Waals surface area (Å²) < 4.78 is 25.9. The summed E-state index contributed by atoms with van der Waals surface area (Å²) in [4.78, 5) is 19.1. The first kappa shape index (κ1) is 21.3. The van der Waals surface area contributed by atoms with Crippen molar-refractivity contribution >= 4 is 43.1 Å². The van der Waals surface area contributed by atoms with Crippen LogP contribution in [0.5, 0.6) is 0 Å². The number of hydrogen-bond donors (Lipinski definition) is 1. The van der Waals surface area contributed by atoms with Crippen LogP contribution in [-0.2, 0) is 9.84 Å². The molecule has 0 aliphatic carbocycles. The summed E-state index contributed by atoms with van der Waals surface area (Å²) in [6.45, 7) is 3.72. The van der Waals surface area contributed by atoms with Gasteiger partial charge in [-0.2, -0.15) is 0 Å². The van der Waals surface area contributed by atoms with E-state index in [0.717, 1.165) is 29.1 Å². The number of sulfone groups is 1. The van der Waals surface area contributed by atoms with Gasteiger partial charge >= 0.3 is 0 Å². The molecule has 4 rings (SSSR count). The van der Waals surface area contributed by atoms with Gasteiger partial charge in [-0.05, 0) is 30.3 Å². The molecule has 0 aliphatic rings. The summed E-state index contributed by atoms with van der Waals surface area (Å²) in [7, 11) is -3.96. The summed E-state index contributed by atoms with van der Waals surface area (Å²) in [5.74, 6) is 0. The number of nitrogens with zero attached hydrogens (tertiary/aromatic N) is 3. The van der Waals surface area contributed by atoms with Crippen LogP contribution >= 0.6 is 11.3 Å². The first-order valence-corrected chi connectivity index (χ1v) is 11.6. The first-order chi connectivity index (χ1) is 15.4. The summed E-state index contributed by atoms with van der Waals surface area (Å²) >= 11 is 1.17. The Kier molecular flexibility index (Phi) is 5.80. The van der Waals surface area contributed by atoms with Crippen LogP contribution in [0.25, 0.3) is 15.3 Å².